The van der Waals surface area contributed by atoms with Crippen molar-refractivity contribution in [3.63, 3.8) is 0 Å². The summed E-state index contributed by atoms with van der Waals surface area (Å²) in [6, 6.07) is 5.71. The van der Waals surface area contributed by atoms with Crippen molar-refractivity contribution in [2.45, 2.75) is 32.6 Å². The Hall–Kier alpha value is -2.01. The quantitative estimate of drug-likeness (QED) is 0.619. The van der Waals surface area contributed by atoms with Gasteiger partial charge in [0.2, 0.25) is 0 Å². The normalized spacial score (nSPS) is 10.7. The standard InChI is InChI=1S/C17H20ClNO4/c1-3-22-15(20)8-6-12-13-9-11(10-18)5-7-14(13)19-16(12)17(21)23-4-2/h5,7,9,19H,3-4,6,8,10H2,1-2H3. The van der Waals surface area contributed by atoms with Crippen LogP contribution in [0.1, 0.15) is 41.9 Å². The molecule has 0 bridgehead atoms. The number of carbonyl (C=O) groups is 2. The molecule has 0 radical (unpaired) electrons. The molecule has 1 N–H and O–H groups in total. The van der Waals surface area contributed by atoms with Gasteiger partial charge in [0.25, 0.3) is 0 Å². The van der Waals surface area contributed by atoms with Crippen molar-refractivity contribution in [3.8, 4) is 0 Å². The number of nitrogens with one attached hydrogen (secondary N) is 1. The molecular weight excluding hydrogens is 318 g/mol. The smallest absolute Gasteiger partial charge is 0.355 e. The summed E-state index contributed by atoms with van der Waals surface area (Å²) in [7, 11) is 0. The SMILES string of the molecule is CCOC(=O)CCc1c(C(=O)OCC)[nH]c2ccc(CCl)cc12. The van der Waals surface area contributed by atoms with Gasteiger partial charge in [-0.05, 0) is 43.5 Å². The Morgan fingerprint density at radius 3 is 2.57 bits per heavy atom. The average molecular weight is 338 g/mol. The fourth-order valence-electron chi connectivity index (χ4n) is 2.48. The molecule has 0 saturated heterocycles. The number of aryl methyl sites for hydroxylation is 1. The van der Waals surface area contributed by atoms with E-state index >= 15 is 0 Å². The molecule has 0 fully saturated rings. The number of carbonyl (C=O) groups excluding carboxylic acids is 2. The molecule has 0 unspecified atom stereocenters. The van der Waals surface area contributed by atoms with Crippen LogP contribution in [-0.4, -0.2) is 30.1 Å². The zero-order valence-electron chi connectivity index (χ0n) is 13.3. The molecule has 1 aromatic carbocycles. The van der Waals surface area contributed by atoms with Gasteiger partial charge >= 0.3 is 11.9 Å². The van der Waals surface area contributed by atoms with E-state index in [1.54, 1.807) is 13.8 Å². The Balaban J connectivity index is 2.40. The highest BCUT2D eigenvalue weighted by Gasteiger charge is 2.20. The number of benzene rings is 1. The van der Waals surface area contributed by atoms with Gasteiger partial charge in [0.15, 0.2) is 0 Å². The summed E-state index contributed by atoms with van der Waals surface area (Å²) in [6.45, 7) is 4.15. The molecule has 0 aliphatic heterocycles. The van der Waals surface area contributed by atoms with Gasteiger partial charge in [-0.25, -0.2) is 4.79 Å². The monoisotopic (exact) mass is 337 g/mol. The number of aromatic amines is 1. The van der Waals surface area contributed by atoms with Crippen LogP contribution in [0.15, 0.2) is 18.2 Å². The average Bonchev–Trinajstić information content (AvgIpc) is 2.91. The topological polar surface area (TPSA) is 68.4 Å². The van der Waals surface area contributed by atoms with Gasteiger partial charge in [0.1, 0.15) is 5.69 Å². The number of fused-ring (bicyclic) bond motifs is 1. The molecule has 6 heteroatoms. The number of rotatable bonds is 7. The molecule has 2 aromatic rings. The van der Waals surface area contributed by atoms with Gasteiger partial charge in [-0.15, -0.1) is 11.6 Å². The second-order valence-electron chi connectivity index (χ2n) is 5.02. The number of H-pyrrole nitrogens is 1. The Morgan fingerprint density at radius 1 is 1.17 bits per heavy atom. The highest BCUT2D eigenvalue weighted by Crippen LogP contribution is 2.26. The van der Waals surface area contributed by atoms with Crippen LogP contribution in [0.2, 0.25) is 0 Å². The maximum Gasteiger partial charge on any atom is 0.355 e. The second kappa shape index (κ2) is 8.02. The minimum atomic E-state index is -0.421. The van der Waals surface area contributed by atoms with E-state index < -0.39 is 5.97 Å². The molecular formula is C17H20ClNO4. The first-order chi connectivity index (χ1) is 11.1. The van der Waals surface area contributed by atoms with Gasteiger partial charge in [-0.3, -0.25) is 4.79 Å². The molecule has 0 amide bonds. The predicted octanol–water partition coefficient (Wildman–Crippen LogP) is 3.58. The first-order valence-electron chi connectivity index (χ1n) is 7.62. The Labute approximate surface area is 139 Å². The minimum absolute atomic E-state index is 0.207. The van der Waals surface area contributed by atoms with E-state index in [0.717, 1.165) is 22.0 Å². The maximum absolute atomic E-state index is 12.2. The van der Waals surface area contributed by atoms with Gasteiger partial charge in [0.05, 0.1) is 13.2 Å². The summed E-state index contributed by atoms with van der Waals surface area (Å²) < 4.78 is 10.1. The van der Waals surface area contributed by atoms with Crippen molar-refractivity contribution in [3.05, 3.63) is 35.0 Å². The molecule has 1 aromatic heterocycles. The lowest BCUT2D eigenvalue weighted by molar-refractivity contribution is -0.143. The summed E-state index contributed by atoms with van der Waals surface area (Å²) in [4.78, 5) is 26.9. The van der Waals surface area contributed by atoms with Crippen LogP contribution < -0.4 is 0 Å². The summed E-state index contributed by atoms with van der Waals surface area (Å²) in [5.74, 6) is -0.326. The van der Waals surface area contributed by atoms with Crippen LogP contribution in [0.3, 0.4) is 0 Å². The van der Waals surface area contributed by atoms with E-state index in [0.29, 0.717) is 31.2 Å². The fourth-order valence-corrected chi connectivity index (χ4v) is 2.64. The van der Waals surface area contributed by atoms with Crippen molar-refractivity contribution in [1.82, 2.24) is 4.98 Å². The van der Waals surface area contributed by atoms with E-state index in [4.69, 9.17) is 21.1 Å². The second-order valence-corrected chi connectivity index (χ2v) is 5.28. The molecule has 5 nitrogen and oxygen atoms in total. The van der Waals surface area contributed by atoms with Crippen LogP contribution >= 0.6 is 11.6 Å². The molecule has 0 aliphatic rings. The highest BCUT2D eigenvalue weighted by molar-refractivity contribution is 6.17. The van der Waals surface area contributed by atoms with Crippen LogP contribution in [-0.2, 0) is 26.6 Å². The van der Waals surface area contributed by atoms with E-state index in [1.807, 2.05) is 18.2 Å². The maximum atomic E-state index is 12.2. The molecule has 0 atom stereocenters. The summed E-state index contributed by atoms with van der Waals surface area (Å²) >= 11 is 5.89. The molecule has 23 heavy (non-hydrogen) atoms. The number of hydrogen-bond acceptors (Lipinski definition) is 4. The van der Waals surface area contributed by atoms with Crippen molar-refractivity contribution < 1.29 is 19.1 Å². The van der Waals surface area contributed by atoms with E-state index in [1.165, 1.54) is 0 Å². The number of aromatic nitrogens is 1. The Morgan fingerprint density at radius 2 is 1.91 bits per heavy atom. The van der Waals surface area contributed by atoms with E-state index in [9.17, 15) is 9.59 Å². The third kappa shape index (κ3) is 4.05. The van der Waals surface area contributed by atoms with Crippen molar-refractivity contribution in [1.29, 1.82) is 0 Å². The first kappa shape index (κ1) is 17.3. The van der Waals surface area contributed by atoms with Crippen LogP contribution in [0.25, 0.3) is 10.9 Å². The van der Waals surface area contributed by atoms with E-state index in [-0.39, 0.29) is 12.4 Å². The summed E-state index contributed by atoms with van der Waals surface area (Å²) in [5.41, 5.74) is 2.92. The third-order valence-electron chi connectivity index (χ3n) is 3.49. The lowest BCUT2D eigenvalue weighted by Crippen LogP contribution is -2.10. The summed E-state index contributed by atoms with van der Waals surface area (Å²) in [5, 5.41) is 0.885. The predicted molar refractivity (Wildman–Crippen MR) is 88.8 cm³/mol. The van der Waals surface area contributed by atoms with Gasteiger partial charge < -0.3 is 14.5 Å². The van der Waals surface area contributed by atoms with Gasteiger partial charge in [-0.1, -0.05) is 6.07 Å². The van der Waals surface area contributed by atoms with Crippen molar-refractivity contribution in [2.75, 3.05) is 13.2 Å². The number of ether oxygens (including phenoxy) is 2. The lowest BCUT2D eigenvalue weighted by atomic mass is 10.0. The van der Waals surface area contributed by atoms with E-state index in [2.05, 4.69) is 4.98 Å². The van der Waals surface area contributed by atoms with Gasteiger partial charge in [-0.2, -0.15) is 0 Å². The van der Waals surface area contributed by atoms with Crippen molar-refractivity contribution in [2.24, 2.45) is 0 Å². The number of alkyl halides is 1. The van der Waals surface area contributed by atoms with Crippen molar-refractivity contribution >= 4 is 34.4 Å². The number of halogens is 1. The van der Waals surface area contributed by atoms with Crippen LogP contribution in [0, 0.1) is 0 Å². The molecule has 0 saturated carbocycles. The first-order valence-corrected chi connectivity index (χ1v) is 8.16. The Bertz CT molecular complexity index is 708. The van der Waals surface area contributed by atoms with Gasteiger partial charge in [0, 0.05) is 23.2 Å². The molecule has 1 heterocycles. The number of hydrogen-bond donors (Lipinski definition) is 1. The fraction of sp³-hybridized carbons (Fsp3) is 0.412. The number of esters is 2. The molecule has 0 spiro atoms. The highest BCUT2D eigenvalue weighted by atomic mass is 35.5. The molecule has 124 valence electrons. The summed E-state index contributed by atoms with van der Waals surface area (Å²) in [6.07, 6.45) is 0.608. The third-order valence-corrected chi connectivity index (χ3v) is 3.80. The zero-order valence-corrected chi connectivity index (χ0v) is 14.0. The Kier molecular flexibility index (Phi) is 6.04. The van der Waals surface area contributed by atoms with Crippen LogP contribution in [0.5, 0.6) is 0 Å². The van der Waals surface area contributed by atoms with Crippen LogP contribution in [0.4, 0.5) is 0 Å². The zero-order chi connectivity index (χ0) is 16.8. The minimum Gasteiger partial charge on any atom is -0.466 e. The molecule has 0 aliphatic carbocycles. The largest absolute Gasteiger partial charge is 0.466 e. The lowest BCUT2D eigenvalue weighted by Gasteiger charge is -2.05. The molecule has 2 rings (SSSR count).